The monoisotopic (exact) mass is 556 g/mol. The number of rotatable bonds is 14. The number of carbonyl (C=O) groups is 2. The van der Waals surface area contributed by atoms with E-state index in [2.05, 4.69) is 21.2 Å². The third kappa shape index (κ3) is 7.79. The van der Waals surface area contributed by atoms with Gasteiger partial charge in [0.2, 0.25) is 0 Å². The van der Waals surface area contributed by atoms with E-state index in [1.54, 1.807) is 31.2 Å². The SMILES string of the molecule is CCOc1ccc(/C=N\N[C@H](O)COc2ccc([C@H]3NC(=O)NC(C)=C3C(=O)OC)cc2OCC)c(OCC)c1. The third-order valence-corrected chi connectivity index (χ3v) is 5.70. The topological polar surface area (TPSA) is 149 Å². The van der Waals surface area contributed by atoms with Gasteiger partial charge in [-0.1, -0.05) is 6.07 Å². The Hall–Kier alpha value is -4.45. The van der Waals surface area contributed by atoms with Gasteiger partial charge in [0.1, 0.15) is 18.1 Å². The summed E-state index contributed by atoms with van der Waals surface area (Å²) in [7, 11) is 1.28. The number of carbonyl (C=O) groups excluding carboxylic acids is 2. The number of benzene rings is 2. The van der Waals surface area contributed by atoms with Crippen LogP contribution in [0, 0.1) is 0 Å². The van der Waals surface area contributed by atoms with Crippen LogP contribution in [0.1, 0.15) is 44.9 Å². The van der Waals surface area contributed by atoms with E-state index < -0.39 is 24.3 Å². The minimum absolute atomic E-state index is 0.144. The van der Waals surface area contributed by atoms with Crippen molar-refractivity contribution < 1.29 is 38.4 Å². The van der Waals surface area contributed by atoms with Crippen molar-refractivity contribution in [2.24, 2.45) is 5.10 Å². The number of allylic oxidation sites excluding steroid dienone is 1. The molecule has 1 aliphatic rings. The summed E-state index contributed by atoms with van der Waals surface area (Å²) < 4.78 is 27.6. The van der Waals surface area contributed by atoms with E-state index in [0.29, 0.717) is 59.6 Å². The number of hydrogen-bond donors (Lipinski definition) is 4. The average Bonchev–Trinajstić information content (AvgIpc) is 2.93. The zero-order chi connectivity index (χ0) is 29.1. The van der Waals surface area contributed by atoms with Crippen molar-refractivity contribution in [3.05, 3.63) is 58.8 Å². The smallest absolute Gasteiger partial charge is 0.337 e. The molecule has 0 unspecified atom stereocenters. The second kappa shape index (κ2) is 14.6. The molecule has 4 N–H and O–H groups in total. The van der Waals surface area contributed by atoms with E-state index >= 15 is 0 Å². The second-order valence-corrected chi connectivity index (χ2v) is 8.48. The number of nitrogens with one attached hydrogen (secondary N) is 3. The molecule has 216 valence electrons. The maximum absolute atomic E-state index is 12.4. The van der Waals surface area contributed by atoms with Crippen LogP contribution in [0.2, 0.25) is 0 Å². The first-order valence-electron chi connectivity index (χ1n) is 12.9. The first-order chi connectivity index (χ1) is 19.3. The van der Waals surface area contributed by atoms with Gasteiger partial charge in [0.05, 0.1) is 44.8 Å². The normalized spacial score (nSPS) is 15.7. The molecule has 0 aromatic heterocycles. The van der Waals surface area contributed by atoms with Crippen molar-refractivity contribution in [1.29, 1.82) is 0 Å². The maximum Gasteiger partial charge on any atom is 0.337 e. The zero-order valence-corrected chi connectivity index (χ0v) is 23.3. The van der Waals surface area contributed by atoms with Gasteiger partial charge in [-0.15, -0.1) is 0 Å². The molecule has 2 aromatic rings. The molecule has 0 spiro atoms. The molecule has 2 aromatic carbocycles. The molecule has 1 aliphatic heterocycles. The number of hydrogen-bond acceptors (Lipinski definition) is 10. The molecule has 1 heterocycles. The highest BCUT2D eigenvalue weighted by atomic mass is 16.5. The Balaban J connectivity index is 1.69. The Morgan fingerprint density at radius 1 is 1.02 bits per heavy atom. The Kier molecular flexibility index (Phi) is 11.0. The minimum Gasteiger partial charge on any atom is -0.494 e. The Labute approximate surface area is 233 Å². The van der Waals surface area contributed by atoms with Crippen LogP contribution in [0.15, 0.2) is 52.8 Å². The number of methoxy groups -OCH3 is 1. The van der Waals surface area contributed by atoms with Gasteiger partial charge in [0, 0.05) is 17.3 Å². The van der Waals surface area contributed by atoms with Crippen molar-refractivity contribution in [1.82, 2.24) is 16.1 Å². The molecule has 0 fully saturated rings. The zero-order valence-electron chi connectivity index (χ0n) is 23.3. The average molecular weight is 557 g/mol. The third-order valence-electron chi connectivity index (χ3n) is 5.70. The molecular weight excluding hydrogens is 520 g/mol. The van der Waals surface area contributed by atoms with E-state index in [0.717, 1.165) is 0 Å². The number of hydrazone groups is 1. The van der Waals surface area contributed by atoms with Crippen molar-refractivity contribution in [2.45, 2.75) is 40.0 Å². The summed E-state index contributed by atoms with van der Waals surface area (Å²) in [4.78, 5) is 24.5. The number of urea groups is 1. The summed E-state index contributed by atoms with van der Waals surface area (Å²) in [6.07, 6.45) is 0.398. The van der Waals surface area contributed by atoms with Gasteiger partial charge < -0.3 is 39.4 Å². The highest BCUT2D eigenvalue weighted by molar-refractivity contribution is 5.95. The lowest BCUT2D eigenvalue weighted by atomic mass is 9.95. The Morgan fingerprint density at radius 3 is 2.45 bits per heavy atom. The molecule has 12 nitrogen and oxygen atoms in total. The van der Waals surface area contributed by atoms with E-state index in [1.807, 2.05) is 32.9 Å². The predicted octanol–water partition coefficient (Wildman–Crippen LogP) is 3.00. The number of amides is 2. The fraction of sp³-hybridized carbons (Fsp3) is 0.393. The van der Waals surface area contributed by atoms with Gasteiger partial charge in [-0.25, -0.2) is 9.59 Å². The van der Waals surface area contributed by atoms with Crippen LogP contribution in [0.4, 0.5) is 4.79 Å². The number of aliphatic hydroxyl groups excluding tert-OH is 1. The first-order valence-corrected chi connectivity index (χ1v) is 12.9. The molecule has 2 amide bonds. The standard InChI is InChI=1S/C28H36N4O8/c1-6-37-20-11-9-19(22(14-20)38-7-2)15-29-32-24(33)16-40-21-12-10-18(13-23(21)39-8-3)26-25(27(34)36-5)17(4)30-28(35)31-26/h9-15,24,26,32-33H,6-8,16H2,1-5H3,(H2,30,31,35)/b29-15-/t24-,26-/m1/s1. The highest BCUT2D eigenvalue weighted by Crippen LogP contribution is 2.35. The summed E-state index contributed by atoms with van der Waals surface area (Å²) in [5, 5.41) is 19.8. The van der Waals surface area contributed by atoms with Crippen molar-refractivity contribution in [3.63, 3.8) is 0 Å². The van der Waals surface area contributed by atoms with Gasteiger partial charge in [0.25, 0.3) is 0 Å². The molecule has 0 saturated carbocycles. The number of aliphatic hydroxyl groups is 1. The van der Waals surface area contributed by atoms with Gasteiger partial charge in [-0.3, -0.25) is 5.43 Å². The van der Waals surface area contributed by atoms with Crippen LogP contribution in [-0.4, -0.2) is 63.1 Å². The van der Waals surface area contributed by atoms with Crippen molar-refractivity contribution in [2.75, 3.05) is 33.5 Å². The van der Waals surface area contributed by atoms with Crippen LogP contribution < -0.4 is 35.0 Å². The molecular formula is C28H36N4O8. The summed E-state index contributed by atoms with van der Waals surface area (Å²) in [5.74, 6) is 1.47. The maximum atomic E-state index is 12.4. The summed E-state index contributed by atoms with van der Waals surface area (Å²) in [6, 6.07) is 9.23. The Bertz CT molecular complexity index is 1250. The van der Waals surface area contributed by atoms with Gasteiger partial charge in [-0.2, -0.15) is 5.10 Å². The van der Waals surface area contributed by atoms with Crippen LogP contribution in [0.5, 0.6) is 23.0 Å². The summed E-state index contributed by atoms with van der Waals surface area (Å²) in [6.45, 7) is 8.45. The van der Waals surface area contributed by atoms with Gasteiger partial charge in [0.15, 0.2) is 17.7 Å². The second-order valence-electron chi connectivity index (χ2n) is 8.48. The molecule has 3 rings (SSSR count). The van der Waals surface area contributed by atoms with Crippen molar-refractivity contribution in [3.8, 4) is 23.0 Å². The highest BCUT2D eigenvalue weighted by Gasteiger charge is 2.32. The van der Waals surface area contributed by atoms with E-state index in [-0.39, 0.29) is 12.2 Å². The van der Waals surface area contributed by atoms with E-state index in [9.17, 15) is 14.7 Å². The summed E-state index contributed by atoms with van der Waals surface area (Å²) in [5.41, 5.74) is 4.59. The summed E-state index contributed by atoms with van der Waals surface area (Å²) >= 11 is 0. The Morgan fingerprint density at radius 2 is 1.75 bits per heavy atom. The van der Waals surface area contributed by atoms with Crippen LogP contribution in [0.25, 0.3) is 0 Å². The fourth-order valence-corrected chi connectivity index (χ4v) is 3.97. The van der Waals surface area contributed by atoms with Gasteiger partial charge >= 0.3 is 12.0 Å². The van der Waals surface area contributed by atoms with Gasteiger partial charge in [-0.05, 0) is 57.5 Å². The van der Waals surface area contributed by atoms with Crippen LogP contribution in [0.3, 0.4) is 0 Å². The van der Waals surface area contributed by atoms with E-state index in [4.69, 9.17) is 23.7 Å². The lowest BCUT2D eigenvalue weighted by Gasteiger charge is -2.28. The number of esters is 1. The predicted molar refractivity (Wildman–Crippen MR) is 148 cm³/mol. The molecule has 12 heteroatoms. The fourth-order valence-electron chi connectivity index (χ4n) is 3.97. The van der Waals surface area contributed by atoms with Crippen LogP contribution in [-0.2, 0) is 9.53 Å². The molecule has 0 saturated heterocycles. The molecule has 0 aliphatic carbocycles. The largest absolute Gasteiger partial charge is 0.494 e. The lowest BCUT2D eigenvalue weighted by Crippen LogP contribution is -2.45. The number of ether oxygens (including phenoxy) is 5. The van der Waals surface area contributed by atoms with Crippen LogP contribution >= 0.6 is 0 Å². The van der Waals surface area contributed by atoms with Crippen molar-refractivity contribution >= 4 is 18.2 Å². The van der Waals surface area contributed by atoms with E-state index in [1.165, 1.54) is 13.3 Å². The molecule has 0 bridgehead atoms. The quantitative estimate of drug-likeness (QED) is 0.119. The first kappa shape index (κ1) is 30.1. The number of nitrogens with zero attached hydrogens (tertiary/aromatic N) is 1. The minimum atomic E-state index is -1.14. The molecule has 40 heavy (non-hydrogen) atoms. The molecule has 0 radical (unpaired) electrons. The molecule has 2 atom stereocenters. The lowest BCUT2D eigenvalue weighted by molar-refractivity contribution is -0.136.